The van der Waals surface area contributed by atoms with Crippen molar-refractivity contribution >= 4 is 46.6 Å². The molecule has 5 nitrogen and oxygen atoms in total. The number of thiazole rings is 1. The molecule has 0 bridgehead atoms. The molecular weight excluding hydrogens is 677 g/mol. The first kappa shape index (κ1) is 36.3. The second kappa shape index (κ2) is 16.3. The summed E-state index contributed by atoms with van der Waals surface area (Å²) in [4.78, 5) is 19.9. The van der Waals surface area contributed by atoms with Crippen LogP contribution in [0.4, 0.5) is 0 Å². The van der Waals surface area contributed by atoms with Crippen molar-refractivity contribution in [1.29, 1.82) is 0 Å². The van der Waals surface area contributed by atoms with E-state index in [1.807, 2.05) is 74.4 Å². The third-order valence-electron chi connectivity index (χ3n) is 9.48. The second-order valence-electron chi connectivity index (χ2n) is 13.1. The molecule has 0 saturated carbocycles. The number of benzene rings is 4. The minimum absolute atomic E-state index is 0.618. The molecule has 264 valence electrons. The van der Waals surface area contributed by atoms with Gasteiger partial charge in [-0.3, -0.25) is 0 Å². The van der Waals surface area contributed by atoms with Gasteiger partial charge in [0.25, 0.3) is 0 Å². The van der Waals surface area contributed by atoms with Crippen LogP contribution in [0.25, 0.3) is 72.8 Å². The predicted molar refractivity (Wildman–Crippen MR) is 232 cm³/mol. The van der Waals surface area contributed by atoms with Crippen molar-refractivity contribution in [3.8, 4) is 50.4 Å². The summed E-state index contributed by atoms with van der Waals surface area (Å²) in [5, 5.41) is 0.965. The summed E-state index contributed by atoms with van der Waals surface area (Å²) < 4.78 is 3.47. The van der Waals surface area contributed by atoms with E-state index in [0.717, 1.165) is 43.2 Å². The van der Waals surface area contributed by atoms with Crippen LogP contribution in [0.5, 0.6) is 0 Å². The Kier molecular flexibility index (Phi) is 11.0. The number of aromatic nitrogens is 5. The molecule has 0 spiro atoms. The number of allylic oxidation sites excluding steroid dienone is 6. The topological polar surface area (TPSA) is 56.5 Å². The Balaban J connectivity index is 1.26. The zero-order valence-corrected chi connectivity index (χ0v) is 32.4. The van der Waals surface area contributed by atoms with Crippen molar-refractivity contribution in [3.63, 3.8) is 0 Å². The monoisotopic (exact) mass is 719 g/mol. The van der Waals surface area contributed by atoms with Gasteiger partial charge in [-0.25, -0.2) is 19.9 Å². The van der Waals surface area contributed by atoms with Gasteiger partial charge in [0.15, 0.2) is 17.5 Å². The van der Waals surface area contributed by atoms with Crippen LogP contribution in [-0.4, -0.2) is 37.4 Å². The Morgan fingerprint density at radius 2 is 1.31 bits per heavy atom. The van der Waals surface area contributed by atoms with E-state index in [0.29, 0.717) is 17.5 Å². The van der Waals surface area contributed by atoms with Gasteiger partial charge in [-0.05, 0) is 18.2 Å². The van der Waals surface area contributed by atoms with Crippen LogP contribution >= 0.6 is 11.3 Å². The van der Waals surface area contributed by atoms with Gasteiger partial charge in [0, 0.05) is 16.7 Å². The Morgan fingerprint density at radius 1 is 0.685 bits per heavy atom. The van der Waals surface area contributed by atoms with Gasteiger partial charge in [0.1, 0.15) is 5.01 Å². The molecule has 0 saturated heterocycles. The summed E-state index contributed by atoms with van der Waals surface area (Å²) >= 11 is 1.69. The van der Waals surface area contributed by atoms with Gasteiger partial charge >= 0.3 is 158 Å². The van der Waals surface area contributed by atoms with Crippen molar-refractivity contribution in [2.75, 3.05) is 0 Å². The zero-order chi connectivity index (χ0) is 37.6. The normalized spacial score (nSPS) is 12.5. The van der Waals surface area contributed by atoms with Crippen molar-refractivity contribution < 1.29 is 0 Å². The molecular formula is C47H42BN5S. The van der Waals surface area contributed by atoms with Crippen molar-refractivity contribution in [2.45, 2.75) is 41.4 Å². The Bertz CT molecular complexity index is 2550. The summed E-state index contributed by atoms with van der Waals surface area (Å²) in [5.41, 5.74) is 13.1. The molecule has 3 aromatic heterocycles. The van der Waals surface area contributed by atoms with Gasteiger partial charge in [-0.2, -0.15) is 0 Å². The Hall–Kier alpha value is -6.05. The summed E-state index contributed by atoms with van der Waals surface area (Å²) in [6, 6.07) is 35.1. The van der Waals surface area contributed by atoms with Gasteiger partial charge in [0.2, 0.25) is 0 Å². The molecule has 0 aliphatic rings. The molecule has 54 heavy (non-hydrogen) atoms. The molecule has 0 aliphatic carbocycles. The average Bonchev–Trinajstić information content (AvgIpc) is 3.74. The average molecular weight is 720 g/mol. The van der Waals surface area contributed by atoms with Crippen LogP contribution in [0.3, 0.4) is 0 Å². The van der Waals surface area contributed by atoms with E-state index >= 15 is 0 Å². The summed E-state index contributed by atoms with van der Waals surface area (Å²) in [5.74, 6) is 3.96. The standard InChI is InChI=1S/C47H42BN5S/c1-7-17-40-32(4)53(33(5)41(40)28-31(3)34(8-2)23-16-27-48-6)39-24-15-22-38(29-39)47-49-42-30-37(25-26-43(42)54-47)46-51-44(35-18-11-9-12-19-35)50-45(52-46)36-20-13-10-14-21-36/h7-30H,1-6H3/b17-7-,23-16-,31-28+,34-8+. The molecule has 0 unspecified atom stereocenters. The first-order chi connectivity index (χ1) is 26.4. The van der Waals surface area contributed by atoms with E-state index in [1.54, 1.807) is 11.3 Å². The third kappa shape index (κ3) is 7.54. The number of nitrogens with zero attached hydrogens (tertiary/aromatic N) is 5. The zero-order valence-electron chi connectivity index (χ0n) is 31.6. The quantitative estimate of drug-likeness (QED) is 0.104. The van der Waals surface area contributed by atoms with E-state index in [-0.39, 0.29) is 0 Å². The van der Waals surface area contributed by atoms with Gasteiger partial charge in [-0.1, -0.05) is 66.7 Å². The van der Waals surface area contributed by atoms with Crippen LogP contribution in [0.2, 0.25) is 6.82 Å². The molecule has 4 aromatic carbocycles. The molecule has 0 aliphatic heterocycles. The molecule has 7 aromatic rings. The van der Waals surface area contributed by atoms with Crippen molar-refractivity contribution in [2.24, 2.45) is 0 Å². The van der Waals surface area contributed by atoms with Crippen molar-refractivity contribution in [1.82, 2.24) is 24.5 Å². The first-order valence-electron chi connectivity index (χ1n) is 18.3. The fraction of sp³-hybridized carbons (Fsp3) is 0.128. The van der Waals surface area contributed by atoms with E-state index in [2.05, 4.69) is 124 Å². The van der Waals surface area contributed by atoms with E-state index in [9.17, 15) is 0 Å². The molecule has 7 rings (SSSR count). The molecule has 0 amide bonds. The van der Waals surface area contributed by atoms with Crippen LogP contribution in [0.15, 0.2) is 139 Å². The van der Waals surface area contributed by atoms with Crippen LogP contribution < -0.4 is 0 Å². The Morgan fingerprint density at radius 3 is 1.94 bits per heavy atom. The molecule has 3 heterocycles. The summed E-state index contributed by atoms with van der Waals surface area (Å²) in [6.45, 7) is 14.8. The van der Waals surface area contributed by atoms with Crippen LogP contribution in [-0.2, 0) is 0 Å². The number of rotatable bonds is 10. The molecule has 0 N–H and O–H groups in total. The minimum atomic E-state index is 0.618. The fourth-order valence-corrected chi connectivity index (χ4v) is 7.70. The molecule has 0 radical (unpaired) electrons. The fourth-order valence-electron chi connectivity index (χ4n) is 6.76. The van der Waals surface area contributed by atoms with Crippen LogP contribution in [0, 0.1) is 13.8 Å². The number of hydrogen-bond acceptors (Lipinski definition) is 5. The van der Waals surface area contributed by atoms with Crippen molar-refractivity contribution in [3.05, 3.63) is 161 Å². The predicted octanol–water partition coefficient (Wildman–Crippen LogP) is 12.1. The maximum absolute atomic E-state index is 5.16. The Labute approximate surface area is 322 Å². The van der Waals surface area contributed by atoms with Gasteiger partial charge in [0.05, 0.1) is 10.2 Å². The van der Waals surface area contributed by atoms with E-state index in [1.165, 1.54) is 33.7 Å². The number of hydrogen-bond donors (Lipinski definition) is 0. The third-order valence-corrected chi connectivity index (χ3v) is 10.6. The molecule has 0 atom stereocenters. The first-order valence-corrected chi connectivity index (χ1v) is 19.1. The molecule has 7 heteroatoms. The maximum atomic E-state index is 5.16. The van der Waals surface area contributed by atoms with Gasteiger partial charge < -0.3 is 0 Å². The SMILES string of the molecule is C\B=C/C=C\C(=C/C)C(\C)=C\c1c(/C=C\C)c(C)n(-c2cccc(-c3nc4cc(-c5nc(-c6ccccc6)nc(-c6ccccc6)n5)ccc4s3)c2)c1C. The number of fused-ring (bicyclic) bond motifs is 1. The molecule has 0 fully saturated rings. The summed E-state index contributed by atoms with van der Waals surface area (Å²) in [7, 11) is 0. The van der Waals surface area contributed by atoms with E-state index < -0.39 is 0 Å². The second-order valence-corrected chi connectivity index (χ2v) is 14.1. The van der Waals surface area contributed by atoms with Crippen LogP contribution in [0.1, 0.15) is 43.3 Å². The summed E-state index contributed by atoms with van der Waals surface area (Å²) in [6.07, 6.45) is 13.1. The van der Waals surface area contributed by atoms with Gasteiger partial charge in [-0.15, -0.1) is 11.3 Å². The van der Waals surface area contributed by atoms with E-state index in [4.69, 9.17) is 19.9 Å².